The molecular weight excluding hydrogens is 378 g/mol. The number of benzene rings is 1. The van der Waals surface area contributed by atoms with Crippen molar-refractivity contribution in [3.05, 3.63) is 91.7 Å². The summed E-state index contributed by atoms with van der Waals surface area (Å²) in [4.78, 5) is 11.5. The molecule has 2 rings (SSSR count). The van der Waals surface area contributed by atoms with Gasteiger partial charge >= 0.3 is 0 Å². The summed E-state index contributed by atoms with van der Waals surface area (Å²) in [7, 11) is 0. The molecular formula is C25H31NO2S. The van der Waals surface area contributed by atoms with Crippen LogP contribution in [0.2, 0.25) is 0 Å². The van der Waals surface area contributed by atoms with Crippen LogP contribution in [0.4, 0.5) is 0 Å². The van der Waals surface area contributed by atoms with E-state index in [4.69, 9.17) is 6.42 Å². The smallest absolute Gasteiger partial charge is 0.225 e. The van der Waals surface area contributed by atoms with Crippen molar-refractivity contribution in [3.8, 4) is 12.3 Å². The molecule has 0 atom stereocenters. The molecule has 1 aromatic heterocycles. The summed E-state index contributed by atoms with van der Waals surface area (Å²) in [5.41, 5.74) is 3.78. The number of nitrogens with zero attached hydrogens (tertiary/aromatic N) is 1. The summed E-state index contributed by atoms with van der Waals surface area (Å²) in [5.74, 6) is 2.35. The van der Waals surface area contributed by atoms with E-state index in [0.717, 1.165) is 44.1 Å². The summed E-state index contributed by atoms with van der Waals surface area (Å²) < 4.78 is 0. The van der Waals surface area contributed by atoms with Crippen LogP contribution < -0.4 is 0 Å². The summed E-state index contributed by atoms with van der Waals surface area (Å²) in [6.45, 7) is 4.24. The third-order valence-electron chi connectivity index (χ3n) is 4.40. The fourth-order valence-corrected chi connectivity index (χ4v) is 3.63. The van der Waals surface area contributed by atoms with Crippen molar-refractivity contribution in [1.82, 2.24) is 0 Å². The summed E-state index contributed by atoms with van der Waals surface area (Å²) in [6.07, 6.45) is 16.2. The van der Waals surface area contributed by atoms with Gasteiger partial charge in [0.25, 0.3) is 0 Å². The average molecular weight is 410 g/mol. The van der Waals surface area contributed by atoms with Crippen molar-refractivity contribution in [2.24, 2.45) is 0 Å². The first-order valence-corrected chi connectivity index (χ1v) is 11.0. The second kappa shape index (κ2) is 15.3. The second-order valence-electron chi connectivity index (χ2n) is 6.68. The molecule has 0 aliphatic heterocycles. The van der Waals surface area contributed by atoms with Gasteiger partial charge in [0, 0.05) is 16.2 Å². The van der Waals surface area contributed by atoms with Gasteiger partial charge in [-0.1, -0.05) is 75.1 Å². The molecule has 1 heterocycles. The molecule has 0 saturated carbocycles. The van der Waals surface area contributed by atoms with Gasteiger partial charge in [-0.25, -0.2) is 0 Å². The van der Waals surface area contributed by atoms with Gasteiger partial charge in [0.1, 0.15) is 0 Å². The SMILES string of the molecule is C#C/C=C\C=C(\CCCCC)C[N+](=O)[O-].CCc1ccccc1Cc1cccs1. The fourth-order valence-electron chi connectivity index (χ4n) is 2.90. The van der Waals surface area contributed by atoms with E-state index in [1.165, 1.54) is 16.0 Å². The van der Waals surface area contributed by atoms with Gasteiger partial charge in [0.15, 0.2) is 0 Å². The normalized spacial score (nSPS) is 11.0. The molecule has 29 heavy (non-hydrogen) atoms. The predicted molar refractivity (Wildman–Crippen MR) is 125 cm³/mol. The average Bonchev–Trinajstić information content (AvgIpc) is 3.22. The lowest BCUT2D eigenvalue weighted by Gasteiger charge is -2.05. The number of hydrogen-bond donors (Lipinski definition) is 0. The summed E-state index contributed by atoms with van der Waals surface area (Å²) in [5, 5.41) is 12.5. The molecule has 0 bridgehead atoms. The van der Waals surface area contributed by atoms with E-state index in [0.29, 0.717) is 0 Å². The Bertz CT molecular complexity index is 814. The number of allylic oxidation sites excluding steroid dienone is 3. The zero-order chi connectivity index (χ0) is 21.3. The van der Waals surface area contributed by atoms with E-state index in [1.807, 2.05) is 11.3 Å². The number of unbranched alkanes of at least 4 members (excludes halogenated alkanes) is 2. The number of aryl methyl sites for hydroxylation is 1. The molecule has 0 radical (unpaired) electrons. The van der Waals surface area contributed by atoms with Crippen LogP contribution in [0.1, 0.15) is 55.5 Å². The molecule has 0 fully saturated rings. The molecule has 0 N–H and O–H groups in total. The Morgan fingerprint density at radius 1 is 1.17 bits per heavy atom. The van der Waals surface area contributed by atoms with Gasteiger partial charge in [-0.15, -0.1) is 17.8 Å². The maximum Gasteiger partial charge on any atom is 0.225 e. The van der Waals surface area contributed by atoms with Crippen molar-refractivity contribution in [1.29, 1.82) is 0 Å². The van der Waals surface area contributed by atoms with E-state index in [1.54, 1.807) is 18.2 Å². The van der Waals surface area contributed by atoms with Crippen LogP contribution in [0.15, 0.2) is 65.6 Å². The van der Waals surface area contributed by atoms with E-state index in [2.05, 4.69) is 61.5 Å². The van der Waals surface area contributed by atoms with Gasteiger partial charge in [0.05, 0.1) is 0 Å². The largest absolute Gasteiger partial charge is 0.264 e. The standard InChI is InChI=1S/C13H14S.C12H17NO2/c1-2-11-6-3-4-7-12(11)10-13-8-5-9-14-13;1-3-5-7-9-12(11-13(14)15)10-8-6-4-2/h3-9H,2,10H2,1H3;1,5,7,9H,4,6,8,10-11H2,2H3/b;7-5-,12-9-. The molecule has 0 spiro atoms. The zero-order valence-corrected chi connectivity index (χ0v) is 18.3. The number of nitro groups is 1. The van der Waals surface area contributed by atoms with Crippen molar-refractivity contribution < 1.29 is 4.92 Å². The van der Waals surface area contributed by atoms with Crippen LogP contribution in [0.5, 0.6) is 0 Å². The van der Waals surface area contributed by atoms with Crippen molar-refractivity contribution in [3.63, 3.8) is 0 Å². The molecule has 4 heteroatoms. The first-order valence-electron chi connectivity index (χ1n) is 10.1. The predicted octanol–water partition coefficient (Wildman–Crippen LogP) is 6.86. The first kappa shape index (κ1) is 24.4. The van der Waals surface area contributed by atoms with Crippen LogP contribution in [-0.4, -0.2) is 11.5 Å². The monoisotopic (exact) mass is 409 g/mol. The lowest BCUT2D eigenvalue weighted by Crippen LogP contribution is -2.04. The number of terminal acetylenes is 1. The molecule has 154 valence electrons. The van der Waals surface area contributed by atoms with E-state index < -0.39 is 0 Å². The highest BCUT2D eigenvalue weighted by Crippen LogP contribution is 2.18. The first-order chi connectivity index (χ1) is 14.1. The minimum Gasteiger partial charge on any atom is -0.264 e. The lowest BCUT2D eigenvalue weighted by molar-refractivity contribution is -0.471. The number of rotatable bonds is 10. The highest BCUT2D eigenvalue weighted by molar-refractivity contribution is 7.09. The van der Waals surface area contributed by atoms with Crippen molar-refractivity contribution in [2.45, 2.75) is 52.4 Å². The Kier molecular flexibility index (Phi) is 12.9. The molecule has 0 unspecified atom stereocenters. The van der Waals surface area contributed by atoms with Crippen molar-refractivity contribution in [2.75, 3.05) is 6.54 Å². The molecule has 0 aliphatic rings. The lowest BCUT2D eigenvalue weighted by atomic mass is 10.0. The second-order valence-corrected chi connectivity index (χ2v) is 7.71. The summed E-state index contributed by atoms with van der Waals surface area (Å²) >= 11 is 1.84. The Morgan fingerprint density at radius 3 is 2.52 bits per heavy atom. The third-order valence-corrected chi connectivity index (χ3v) is 5.28. The minimum absolute atomic E-state index is 0.0847. The molecule has 3 nitrogen and oxygen atoms in total. The molecule has 0 saturated heterocycles. The van der Waals surface area contributed by atoms with Crippen LogP contribution >= 0.6 is 11.3 Å². The van der Waals surface area contributed by atoms with Crippen LogP contribution in [0.25, 0.3) is 0 Å². The quantitative estimate of drug-likeness (QED) is 0.141. The maximum atomic E-state index is 10.4. The summed E-state index contributed by atoms with van der Waals surface area (Å²) in [6, 6.07) is 13.0. The van der Waals surface area contributed by atoms with Crippen molar-refractivity contribution >= 4 is 11.3 Å². The molecule has 2 aromatic rings. The molecule has 1 aromatic carbocycles. The molecule has 0 aliphatic carbocycles. The Hall–Kier alpha value is -2.64. The minimum atomic E-state index is -0.304. The van der Waals surface area contributed by atoms with Gasteiger partial charge < -0.3 is 0 Å². The van der Waals surface area contributed by atoms with E-state index in [9.17, 15) is 10.1 Å². The third kappa shape index (κ3) is 11.1. The maximum absolute atomic E-state index is 10.4. The Labute approximate surface area is 179 Å². The van der Waals surface area contributed by atoms with E-state index in [-0.39, 0.29) is 11.5 Å². The fraction of sp³-hybridized carbons (Fsp3) is 0.360. The van der Waals surface area contributed by atoms with Crippen LogP contribution in [0.3, 0.4) is 0 Å². The Balaban J connectivity index is 0.000000290. The highest BCUT2D eigenvalue weighted by atomic mass is 32.1. The number of thiophene rings is 1. The molecule has 0 amide bonds. The zero-order valence-electron chi connectivity index (χ0n) is 17.5. The van der Waals surface area contributed by atoms with Gasteiger partial charge in [-0.05, 0) is 53.5 Å². The van der Waals surface area contributed by atoms with E-state index >= 15 is 0 Å². The topological polar surface area (TPSA) is 43.1 Å². The van der Waals surface area contributed by atoms with Crippen LogP contribution in [-0.2, 0) is 12.8 Å². The Morgan fingerprint density at radius 2 is 1.93 bits per heavy atom. The van der Waals surface area contributed by atoms with Gasteiger partial charge in [-0.2, -0.15) is 0 Å². The number of hydrogen-bond acceptors (Lipinski definition) is 3. The highest BCUT2D eigenvalue weighted by Gasteiger charge is 2.04. The van der Waals surface area contributed by atoms with Gasteiger partial charge in [-0.3, -0.25) is 10.1 Å². The van der Waals surface area contributed by atoms with Crippen LogP contribution in [0, 0.1) is 22.5 Å². The van der Waals surface area contributed by atoms with Gasteiger partial charge in [0.2, 0.25) is 6.54 Å².